The van der Waals surface area contributed by atoms with Crippen LogP contribution in [0.15, 0.2) is 70.5 Å². The number of hydrogen-bond donors (Lipinski definition) is 0. The highest BCUT2D eigenvalue weighted by atomic mass is 32.2. The number of carbonyl (C=O) groups is 1. The largest absolute Gasteiger partial charge is 0.317 e. The fourth-order valence-electron chi connectivity index (χ4n) is 3.55. The van der Waals surface area contributed by atoms with Crippen LogP contribution in [0.25, 0.3) is 11.8 Å². The van der Waals surface area contributed by atoms with E-state index in [-0.39, 0.29) is 21.5 Å². The zero-order valence-corrected chi connectivity index (χ0v) is 18.8. The van der Waals surface area contributed by atoms with Gasteiger partial charge in [0.2, 0.25) is 9.84 Å². The average molecular weight is 433 g/mol. The lowest BCUT2D eigenvalue weighted by molar-refractivity contribution is 0.101. The molecule has 0 bridgehead atoms. The van der Waals surface area contributed by atoms with Crippen LogP contribution < -0.4 is 0 Å². The van der Waals surface area contributed by atoms with E-state index < -0.39 is 9.84 Å². The molecule has 158 valence electrons. The minimum absolute atomic E-state index is 0.0557. The van der Waals surface area contributed by atoms with Gasteiger partial charge in [-0.05, 0) is 61.7 Å². The highest BCUT2D eigenvalue weighted by Gasteiger charge is 2.23. The van der Waals surface area contributed by atoms with Gasteiger partial charge in [-0.15, -0.1) is 0 Å². The lowest BCUT2D eigenvalue weighted by atomic mass is 10.1. The van der Waals surface area contributed by atoms with Crippen LogP contribution in [-0.2, 0) is 9.84 Å². The van der Waals surface area contributed by atoms with Crippen LogP contribution in [0.2, 0.25) is 0 Å². The van der Waals surface area contributed by atoms with E-state index >= 15 is 0 Å². The Kier molecular flexibility index (Phi) is 6.28. The minimum Gasteiger partial charge on any atom is -0.317 e. The molecule has 0 aliphatic rings. The smallest absolute Gasteiger partial charge is 0.216 e. The summed E-state index contributed by atoms with van der Waals surface area (Å²) in [6.45, 7) is 7.44. The van der Waals surface area contributed by atoms with Crippen LogP contribution in [-0.4, -0.2) is 18.8 Å². The summed E-state index contributed by atoms with van der Waals surface area (Å²) in [6, 6.07) is 19.0. The Labute approximate surface area is 183 Å². The van der Waals surface area contributed by atoms with Crippen LogP contribution in [0, 0.1) is 18.3 Å². The SMILES string of the molecule is CC(=O)c1ccccc1-n1c(C(C)C)cc(/C=C(\C#N)S(=O)(=O)c2ccccc2)c1C. The third-order valence-corrected chi connectivity index (χ3v) is 6.85. The molecular weight excluding hydrogens is 408 g/mol. The Balaban J connectivity index is 2.24. The van der Waals surface area contributed by atoms with Crippen LogP contribution >= 0.6 is 0 Å². The number of sulfone groups is 1. The van der Waals surface area contributed by atoms with E-state index in [4.69, 9.17) is 0 Å². The first-order valence-electron chi connectivity index (χ1n) is 9.93. The van der Waals surface area contributed by atoms with Crippen molar-refractivity contribution < 1.29 is 13.2 Å². The molecule has 0 saturated heterocycles. The number of Topliss-reactive ketones (excluding diaryl/α,β-unsaturated/α-hetero) is 1. The molecule has 0 unspecified atom stereocenters. The minimum atomic E-state index is -3.94. The van der Waals surface area contributed by atoms with Crippen molar-refractivity contribution in [1.29, 1.82) is 5.26 Å². The standard InChI is InChI=1S/C25H24N2O3S/c1-17(2)25-15-20(14-22(16-26)31(29,30)21-10-6-5-7-11-21)18(3)27(25)24-13-9-8-12-23(24)19(4)28/h5-15,17H,1-4H3/b22-14+. The maximum absolute atomic E-state index is 13.0. The zero-order chi connectivity index (χ0) is 22.8. The van der Waals surface area contributed by atoms with Gasteiger partial charge in [-0.2, -0.15) is 5.26 Å². The third-order valence-electron chi connectivity index (χ3n) is 5.17. The van der Waals surface area contributed by atoms with Gasteiger partial charge in [-0.3, -0.25) is 4.79 Å². The number of aromatic nitrogens is 1. The van der Waals surface area contributed by atoms with Gasteiger partial charge in [-0.25, -0.2) is 8.42 Å². The highest BCUT2D eigenvalue weighted by molar-refractivity contribution is 7.95. The molecule has 0 spiro atoms. The van der Waals surface area contributed by atoms with Crippen molar-refractivity contribution in [1.82, 2.24) is 4.57 Å². The van der Waals surface area contributed by atoms with Crippen LogP contribution in [0.4, 0.5) is 0 Å². The first-order chi connectivity index (χ1) is 14.7. The highest BCUT2D eigenvalue weighted by Crippen LogP contribution is 2.31. The quantitative estimate of drug-likeness (QED) is 0.383. The second kappa shape index (κ2) is 8.75. The summed E-state index contributed by atoms with van der Waals surface area (Å²) in [5.74, 6) is 0.0528. The van der Waals surface area contributed by atoms with Crippen molar-refractivity contribution in [2.75, 3.05) is 0 Å². The van der Waals surface area contributed by atoms with Crippen molar-refractivity contribution in [2.24, 2.45) is 0 Å². The molecule has 0 amide bonds. The maximum atomic E-state index is 13.0. The van der Waals surface area contributed by atoms with Gasteiger partial charge in [-0.1, -0.05) is 44.2 Å². The van der Waals surface area contributed by atoms with Crippen LogP contribution in [0.5, 0.6) is 0 Å². The topological polar surface area (TPSA) is 79.9 Å². The molecule has 2 aromatic carbocycles. The van der Waals surface area contributed by atoms with Gasteiger partial charge in [0.05, 0.1) is 10.6 Å². The van der Waals surface area contributed by atoms with Gasteiger partial charge in [0.1, 0.15) is 11.0 Å². The van der Waals surface area contributed by atoms with E-state index in [1.165, 1.54) is 25.1 Å². The molecule has 3 aromatic rings. The molecule has 0 saturated carbocycles. The Morgan fingerprint density at radius 2 is 1.68 bits per heavy atom. The van der Waals surface area contributed by atoms with Gasteiger partial charge in [0.15, 0.2) is 5.78 Å². The zero-order valence-electron chi connectivity index (χ0n) is 18.0. The summed E-state index contributed by atoms with van der Waals surface area (Å²) < 4.78 is 27.9. The second-order valence-electron chi connectivity index (χ2n) is 7.61. The molecule has 31 heavy (non-hydrogen) atoms. The summed E-state index contributed by atoms with van der Waals surface area (Å²) in [5, 5.41) is 9.65. The number of ketones is 1. The molecule has 6 heteroatoms. The molecule has 0 aliphatic carbocycles. The fourth-order valence-corrected chi connectivity index (χ4v) is 4.72. The predicted molar refractivity (Wildman–Crippen MR) is 122 cm³/mol. The summed E-state index contributed by atoms with van der Waals surface area (Å²) in [5.41, 5.74) is 3.62. The number of allylic oxidation sites excluding steroid dienone is 1. The van der Waals surface area contributed by atoms with Gasteiger partial charge >= 0.3 is 0 Å². The number of nitriles is 1. The molecule has 0 fully saturated rings. The van der Waals surface area contributed by atoms with Gasteiger partial charge in [0, 0.05) is 17.0 Å². The molecule has 1 aromatic heterocycles. The maximum Gasteiger partial charge on any atom is 0.216 e. The van der Waals surface area contributed by atoms with Crippen molar-refractivity contribution >= 4 is 21.7 Å². The van der Waals surface area contributed by atoms with Crippen molar-refractivity contribution in [3.8, 4) is 11.8 Å². The molecule has 0 N–H and O–H groups in total. The summed E-state index contributed by atoms with van der Waals surface area (Å²) in [6.07, 6.45) is 1.41. The normalized spacial score (nSPS) is 12.1. The van der Waals surface area contributed by atoms with Gasteiger partial charge in [0.25, 0.3) is 0 Å². The summed E-state index contributed by atoms with van der Waals surface area (Å²) in [4.78, 5) is 12.0. The molecule has 0 radical (unpaired) electrons. The first-order valence-corrected chi connectivity index (χ1v) is 11.4. The Bertz CT molecular complexity index is 1310. The van der Waals surface area contributed by atoms with E-state index in [0.717, 1.165) is 17.1 Å². The Hall–Kier alpha value is -3.43. The molecule has 3 rings (SSSR count). The second-order valence-corrected chi connectivity index (χ2v) is 9.53. The number of carbonyl (C=O) groups excluding carboxylic acids is 1. The van der Waals surface area contributed by atoms with Crippen molar-refractivity contribution in [2.45, 2.75) is 38.5 Å². The third kappa shape index (κ3) is 4.23. The lowest BCUT2D eigenvalue weighted by Gasteiger charge is -2.17. The summed E-state index contributed by atoms with van der Waals surface area (Å²) in [7, 11) is -3.94. The monoisotopic (exact) mass is 432 g/mol. The molecular formula is C25H24N2O3S. The van der Waals surface area contributed by atoms with E-state index in [2.05, 4.69) is 0 Å². The van der Waals surface area contributed by atoms with E-state index in [1.54, 1.807) is 24.3 Å². The average Bonchev–Trinajstić information content (AvgIpc) is 3.08. The molecule has 0 aliphatic heterocycles. The Morgan fingerprint density at radius 1 is 1.06 bits per heavy atom. The number of nitrogens with zero attached hydrogens (tertiary/aromatic N) is 2. The molecule has 0 atom stereocenters. The van der Waals surface area contributed by atoms with Crippen molar-refractivity contribution in [3.05, 3.63) is 88.1 Å². The number of hydrogen-bond acceptors (Lipinski definition) is 4. The van der Waals surface area contributed by atoms with E-state index in [0.29, 0.717) is 11.1 Å². The first kappa shape index (κ1) is 22.3. The van der Waals surface area contributed by atoms with Crippen LogP contribution in [0.1, 0.15) is 54.0 Å². The summed E-state index contributed by atoms with van der Waals surface area (Å²) >= 11 is 0. The van der Waals surface area contributed by atoms with Crippen LogP contribution in [0.3, 0.4) is 0 Å². The fraction of sp³-hybridized carbons (Fsp3) is 0.200. The lowest BCUT2D eigenvalue weighted by Crippen LogP contribution is -2.09. The molecule has 5 nitrogen and oxygen atoms in total. The van der Waals surface area contributed by atoms with Gasteiger partial charge < -0.3 is 4.57 Å². The number of benzene rings is 2. The predicted octanol–water partition coefficient (Wildman–Crippen LogP) is 5.45. The number of rotatable bonds is 6. The van der Waals surface area contributed by atoms with E-state index in [9.17, 15) is 18.5 Å². The molecule has 1 heterocycles. The number of para-hydroxylation sites is 1. The van der Waals surface area contributed by atoms with Crippen molar-refractivity contribution in [3.63, 3.8) is 0 Å². The van der Waals surface area contributed by atoms with E-state index in [1.807, 2.05) is 55.7 Å². The Morgan fingerprint density at radius 3 is 2.26 bits per heavy atom.